The smallest absolute Gasteiger partial charge is 0.307 e. The lowest BCUT2D eigenvalue weighted by molar-refractivity contribution is -0.150. The van der Waals surface area contributed by atoms with Gasteiger partial charge in [0.15, 0.2) is 0 Å². The first kappa shape index (κ1) is 27.6. The SMILES string of the molecule is CCOC(=O)CC1C(=O)N(Cc2ccc(C3=NCCN3C)cc2)CCN1S(=O)(=O)c1cc2ccc(Cl)cc2s1. The van der Waals surface area contributed by atoms with Crippen LogP contribution in [0.3, 0.4) is 0 Å². The van der Waals surface area contributed by atoms with Gasteiger partial charge in [0.05, 0.1) is 19.6 Å². The van der Waals surface area contributed by atoms with Crippen LogP contribution in [0.5, 0.6) is 0 Å². The van der Waals surface area contributed by atoms with Gasteiger partial charge in [0.2, 0.25) is 5.91 Å². The standard InChI is InChI=1S/C27H29ClN4O5S2/c1-3-37-24(33)16-22-27(34)31(17-18-4-6-19(7-5-18)26-29-10-11-30(26)2)12-13-32(22)39(35,36)25-14-20-8-9-21(28)15-23(20)38-25/h4-9,14-15,22H,3,10-13,16-17H2,1-2H3. The lowest BCUT2D eigenvalue weighted by Gasteiger charge is -2.39. The molecule has 5 rings (SSSR count). The third-order valence-corrected chi connectivity index (χ3v) is 10.6. The predicted molar refractivity (Wildman–Crippen MR) is 152 cm³/mol. The number of amidine groups is 1. The molecule has 2 aliphatic heterocycles. The van der Waals surface area contributed by atoms with Crippen LogP contribution in [0.1, 0.15) is 24.5 Å². The van der Waals surface area contributed by atoms with Crippen LogP contribution in [-0.2, 0) is 30.9 Å². The zero-order valence-corrected chi connectivity index (χ0v) is 24.1. The van der Waals surface area contributed by atoms with Crippen molar-refractivity contribution in [2.24, 2.45) is 4.99 Å². The quantitative estimate of drug-likeness (QED) is 0.373. The van der Waals surface area contributed by atoms with Crippen LogP contribution in [0, 0.1) is 0 Å². The number of halogens is 1. The Kier molecular flexibility index (Phi) is 7.95. The molecule has 1 atom stereocenters. The number of nitrogens with zero attached hydrogens (tertiary/aromatic N) is 4. The summed E-state index contributed by atoms with van der Waals surface area (Å²) in [6.45, 7) is 4.03. The van der Waals surface area contributed by atoms with Crippen molar-refractivity contribution in [3.8, 4) is 0 Å². The number of hydrogen-bond acceptors (Lipinski definition) is 8. The number of likely N-dealkylation sites (N-methyl/N-ethyl adjacent to an activating group) is 1. The Morgan fingerprint density at radius 1 is 1.13 bits per heavy atom. The van der Waals surface area contributed by atoms with E-state index in [1.807, 2.05) is 31.3 Å². The molecule has 1 unspecified atom stereocenters. The number of benzene rings is 2. The van der Waals surface area contributed by atoms with E-state index in [9.17, 15) is 18.0 Å². The summed E-state index contributed by atoms with van der Waals surface area (Å²) >= 11 is 7.18. The van der Waals surface area contributed by atoms with Crippen molar-refractivity contribution in [1.82, 2.24) is 14.1 Å². The number of amides is 1. The minimum Gasteiger partial charge on any atom is -0.466 e. The maximum absolute atomic E-state index is 13.8. The lowest BCUT2D eigenvalue weighted by Crippen LogP contribution is -2.58. The number of rotatable bonds is 8. The van der Waals surface area contributed by atoms with Gasteiger partial charge in [0.25, 0.3) is 10.0 Å². The van der Waals surface area contributed by atoms with E-state index in [4.69, 9.17) is 16.3 Å². The van der Waals surface area contributed by atoms with Crippen molar-refractivity contribution in [2.45, 2.75) is 30.1 Å². The second kappa shape index (κ2) is 11.2. The molecule has 0 spiro atoms. The Morgan fingerprint density at radius 2 is 1.90 bits per heavy atom. The number of sulfonamides is 1. The molecule has 0 radical (unpaired) electrons. The summed E-state index contributed by atoms with van der Waals surface area (Å²) in [7, 11) is -2.06. The van der Waals surface area contributed by atoms with Gasteiger partial charge in [-0.1, -0.05) is 41.9 Å². The van der Waals surface area contributed by atoms with Gasteiger partial charge < -0.3 is 14.5 Å². The summed E-state index contributed by atoms with van der Waals surface area (Å²) in [4.78, 5) is 34.4. The summed E-state index contributed by atoms with van der Waals surface area (Å²) in [5.41, 5.74) is 1.91. The summed E-state index contributed by atoms with van der Waals surface area (Å²) in [5, 5.41) is 1.25. The van der Waals surface area contributed by atoms with E-state index >= 15 is 0 Å². The van der Waals surface area contributed by atoms with Crippen LogP contribution in [0.2, 0.25) is 5.02 Å². The fourth-order valence-electron chi connectivity index (χ4n) is 4.88. The molecule has 3 heterocycles. The van der Waals surface area contributed by atoms with E-state index < -0.39 is 27.9 Å². The van der Waals surface area contributed by atoms with Crippen molar-refractivity contribution >= 4 is 60.8 Å². The highest BCUT2D eigenvalue weighted by atomic mass is 35.5. The number of aliphatic imine (C=N–C) groups is 1. The van der Waals surface area contributed by atoms with Crippen molar-refractivity contribution in [3.63, 3.8) is 0 Å². The topological polar surface area (TPSA) is 99.6 Å². The van der Waals surface area contributed by atoms with Crippen LogP contribution in [0.15, 0.2) is 57.7 Å². The first-order chi connectivity index (χ1) is 18.7. The number of piperazine rings is 1. The van der Waals surface area contributed by atoms with Gasteiger partial charge in [-0.15, -0.1) is 11.3 Å². The largest absolute Gasteiger partial charge is 0.466 e. The Morgan fingerprint density at radius 3 is 2.59 bits per heavy atom. The van der Waals surface area contributed by atoms with Crippen LogP contribution < -0.4 is 0 Å². The first-order valence-corrected chi connectivity index (χ1v) is 15.3. The molecule has 12 heteroatoms. The van der Waals surface area contributed by atoms with Crippen molar-refractivity contribution in [3.05, 3.63) is 64.7 Å². The zero-order valence-electron chi connectivity index (χ0n) is 21.7. The second-order valence-electron chi connectivity index (χ2n) is 9.47. The van der Waals surface area contributed by atoms with Gasteiger partial charge in [0, 0.05) is 48.5 Å². The summed E-state index contributed by atoms with van der Waals surface area (Å²) in [5.74, 6) is -0.104. The molecule has 1 aromatic heterocycles. The monoisotopic (exact) mass is 588 g/mol. The molecule has 1 amide bonds. The van der Waals surface area contributed by atoms with E-state index in [0.29, 0.717) is 11.6 Å². The summed E-state index contributed by atoms with van der Waals surface area (Å²) in [6, 6.07) is 13.4. The summed E-state index contributed by atoms with van der Waals surface area (Å²) in [6.07, 6.45) is -0.357. The molecular formula is C27H29ClN4O5S2. The Bertz CT molecular complexity index is 1540. The molecule has 2 aromatic carbocycles. The van der Waals surface area contributed by atoms with E-state index in [0.717, 1.165) is 55.8 Å². The van der Waals surface area contributed by atoms with Gasteiger partial charge in [-0.05, 0) is 36.1 Å². The minimum absolute atomic E-state index is 0.0623. The third kappa shape index (κ3) is 5.67. The Labute approximate surface area is 236 Å². The summed E-state index contributed by atoms with van der Waals surface area (Å²) < 4.78 is 34.6. The molecule has 1 fully saturated rings. The maximum atomic E-state index is 13.8. The fraction of sp³-hybridized carbons (Fsp3) is 0.370. The molecule has 0 aliphatic carbocycles. The highest BCUT2D eigenvalue weighted by Crippen LogP contribution is 2.34. The average molecular weight is 589 g/mol. The molecule has 1 saturated heterocycles. The normalized spacial score (nSPS) is 18.6. The fourth-order valence-corrected chi connectivity index (χ4v) is 8.25. The van der Waals surface area contributed by atoms with Gasteiger partial charge in [-0.2, -0.15) is 4.31 Å². The van der Waals surface area contributed by atoms with Gasteiger partial charge >= 0.3 is 5.97 Å². The molecule has 2 aliphatic rings. The molecule has 0 bridgehead atoms. The number of carbonyl (C=O) groups is 2. The number of ether oxygens (including phenoxy) is 1. The van der Waals surface area contributed by atoms with Crippen molar-refractivity contribution < 1.29 is 22.7 Å². The maximum Gasteiger partial charge on any atom is 0.307 e. The molecule has 0 saturated carbocycles. The van der Waals surface area contributed by atoms with Crippen molar-refractivity contribution in [1.29, 1.82) is 0 Å². The van der Waals surface area contributed by atoms with Gasteiger partial charge in [-0.3, -0.25) is 14.6 Å². The number of thiophene rings is 1. The van der Waals surface area contributed by atoms with Crippen LogP contribution >= 0.6 is 22.9 Å². The number of hydrogen-bond donors (Lipinski definition) is 0. The molecular weight excluding hydrogens is 560 g/mol. The van der Waals surface area contributed by atoms with Crippen LogP contribution in [0.4, 0.5) is 0 Å². The Hall–Kier alpha value is -2.99. The van der Waals surface area contributed by atoms with E-state index in [1.54, 1.807) is 36.1 Å². The van der Waals surface area contributed by atoms with E-state index in [-0.39, 0.29) is 30.3 Å². The van der Waals surface area contributed by atoms with Gasteiger partial charge in [0.1, 0.15) is 16.1 Å². The molecule has 9 nitrogen and oxygen atoms in total. The number of esters is 1. The molecule has 206 valence electrons. The van der Waals surface area contributed by atoms with Crippen LogP contribution in [-0.4, -0.2) is 86.1 Å². The van der Waals surface area contributed by atoms with Crippen LogP contribution in [0.25, 0.3) is 10.1 Å². The van der Waals surface area contributed by atoms with E-state index in [2.05, 4.69) is 9.89 Å². The molecule has 39 heavy (non-hydrogen) atoms. The third-order valence-electron chi connectivity index (χ3n) is 6.87. The number of fused-ring (bicyclic) bond motifs is 1. The lowest BCUT2D eigenvalue weighted by atomic mass is 10.1. The molecule has 0 N–H and O–H groups in total. The Balaban J connectivity index is 1.38. The van der Waals surface area contributed by atoms with Crippen molar-refractivity contribution in [2.75, 3.05) is 39.8 Å². The zero-order chi connectivity index (χ0) is 27.7. The number of carbonyl (C=O) groups excluding carboxylic acids is 2. The predicted octanol–water partition coefficient (Wildman–Crippen LogP) is 3.60. The minimum atomic E-state index is -4.06. The first-order valence-electron chi connectivity index (χ1n) is 12.7. The van der Waals surface area contributed by atoms with Gasteiger partial charge in [-0.25, -0.2) is 8.42 Å². The average Bonchev–Trinajstić information content (AvgIpc) is 3.53. The highest BCUT2D eigenvalue weighted by molar-refractivity contribution is 7.91. The second-order valence-corrected chi connectivity index (χ2v) is 13.1. The van der Waals surface area contributed by atoms with E-state index in [1.165, 1.54) is 0 Å². The highest BCUT2D eigenvalue weighted by Gasteiger charge is 2.43. The molecule has 3 aromatic rings.